The molecule has 2 heteroatoms. The van der Waals surface area contributed by atoms with Gasteiger partial charge >= 0.3 is 0 Å². The molecular weight excluding hydrogens is 172 g/mol. The van der Waals surface area contributed by atoms with E-state index in [1.54, 1.807) is 0 Å². The van der Waals surface area contributed by atoms with Crippen molar-refractivity contribution in [2.75, 3.05) is 7.05 Å². The summed E-state index contributed by atoms with van der Waals surface area (Å²) in [6.07, 6.45) is 6.53. The van der Waals surface area contributed by atoms with Crippen LogP contribution in [-0.4, -0.2) is 17.8 Å². The van der Waals surface area contributed by atoms with Gasteiger partial charge in [0.15, 0.2) is 0 Å². The van der Waals surface area contributed by atoms with Crippen LogP contribution in [0.5, 0.6) is 0 Å². The van der Waals surface area contributed by atoms with Crippen LogP contribution < -0.4 is 0 Å². The third-order valence-corrected chi connectivity index (χ3v) is 2.98. The molecule has 1 rings (SSSR count). The minimum atomic E-state index is 0.511. The third kappa shape index (κ3) is 2.60. The molecule has 0 fully saturated rings. The van der Waals surface area contributed by atoms with E-state index in [4.69, 9.17) is 0 Å². The van der Waals surface area contributed by atoms with Crippen molar-refractivity contribution in [3.8, 4) is 0 Å². The molecular formula is C12H22N2. The second kappa shape index (κ2) is 5.18. The maximum atomic E-state index is 4.40. The number of hydrazone groups is 1. The van der Waals surface area contributed by atoms with E-state index in [0.29, 0.717) is 5.92 Å². The number of rotatable bonds is 5. The second-order valence-corrected chi connectivity index (χ2v) is 4.16. The Morgan fingerprint density at radius 3 is 2.57 bits per heavy atom. The largest absolute Gasteiger partial charge is 0.273 e. The van der Waals surface area contributed by atoms with Gasteiger partial charge in [-0.25, -0.2) is 0 Å². The summed E-state index contributed by atoms with van der Waals surface area (Å²) in [5, 5.41) is 6.32. The van der Waals surface area contributed by atoms with E-state index in [1.807, 2.05) is 12.1 Å². The van der Waals surface area contributed by atoms with Crippen LogP contribution in [0.15, 0.2) is 17.4 Å². The SMILES string of the molecule is C=C1C(CCCCCC)C(C)=NN1C. The lowest BCUT2D eigenvalue weighted by Crippen LogP contribution is -2.12. The number of hydrogen-bond donors (Lipinski definition) is 0. The molecule has 0 saturated heterocycles. The first-order chi connectivity index (χ1) is 6.66. The molecule has 0 bridgehead atoms. The van der Waals surface area contributed by atoms with Gasteiger partial charge in [0.05, 0.1) is 0 Å². The molecule has 0 N–H and O–H groups in total. The van der Waals surface area contributed by atoms with E-state index in [1.165, 1.54) is 43.5 Å². The molecule has 14 heavy (non-hydrogen) atoms. The molecule has 0 aliphatic carbocycles. The number of nitrogens with zero attached hydrogens (tertiary/aromatic N) is 2. The van der Waals surface area contributed by atoms with Gasteiger partial charge in [0.25, 0.3) is 0 Å². The van der Waals surface area contributed by atoms with Gasteiger partial charge in [-0.05, 0) is 13.3 Å². The van der Waals surface area contributed by atoms with Crippen molar-refractivity contribution in [1.82, 2.24) is 5.01 Å². The summed E-state index contributed by atoms with van der Waals surface area (Å²) >= 11 is 0. The second-order valence-electron chi connectivity index (χ2n) is 4.16. The Hall–Kier alpha value is -0.790. The van der Waals surface area contributed by atoms with Crippen LogP contribution in [0.1, 0.15) is 46.0 Å². The van der Waals surface area contributed by atoms with Gasteiger partial charge in [-0.15, -0.1) is 0 Å². The first-order valence-corrected chi connectivity index (χ1v) is 5.64. The van der Waals surface area contributed by atoms with Crippen molar-refractivity contribution in [3.05, 3.63) is 12.3 Å². The quantitative estimate of drug-likeness (QED) is 0.612. The van der Waals surface area contributed by atoms with Crippen molar-refractivity contribution in [2.24, 2.45) is 11.0 Å². The zero-order valence-corrected chi connectivity index (χ0v) is 9.71. The first kappa shape index (κ1) is 11.3. The van der Waals surface area contributed by atoms with Gasteiger partial charge in [-0.2, -0.15) is 5.10 Å². The maximum Gasteiger partial charge on any atom is 0.0443 e. The van der Waals surface area contributed by atoms with Crippen LogP contribution in [0.2, 0.25) is 0 Å². The highest BCUT2D eigenvalue weighted by molar-refractivity contribution is 5.88. The first-order valence-electron chi connectivity index (χ1n) is 5.64. The normalized spacial score (nSPS) is 21.6. The predicted octanol–water partition coefficient (Wildman–Crippen LogP) is 3.41. The van der Waals surface area contributed by atoms with Crippen LogP contribution in [0.3, 0.4) is 0 Å². The summed E-state index contributed by atoms with van der Waals surface area (Å²) in [5.74, 6) is 0.511. The Labute approximate surface area is 87.7 Å². The van der Waals surface area contributed by atoms with Gasteiger partial charge in [0, 0.05) is 24.4 Å². The van der Waals surface area contributed by atoms with Gasteiger partial charge in [-0.3, -0.25) is 5.01 Å². The number of allylic oxidation sites excluding steroid dienone is 1. The molecule has 0 aromatic carbocycles. The van der Waals surface area contributed by atoms with E-state index in [2.05, 4.69) is 25.5 Å². The van der Waals surface area contributed by atoms with E-state index in [9.17, 15) is 0 Å². The Balaban J connectivity index is 2.31. The predicted molar refractivity (Wildman–Crippen MR) is 62.3 cm³/mol. The minimum Gasteiger partial charge on any atom is -0.273 e. The Kier molecular flexibility index (Phi) is 4.18. The van der Waals surface area contributed by atoms with Crippen molar-refractivity contribution in [3.63, 3.8) is 0 Å². The fraction of sp³-hybridized carbons (Fsp3) is 0.750. The molecule has 0 aromatic heterocycles. The zero-order valence-electron chi connectivity index (χ0n) is 9.71. The molecule has 0 aromatic rings. The third-order valence-electron chi connectivity index (χ3n) is 2.98. The van der Waals surface area contributed by atoms with E-state index < -0.39 is 0 Å². The van der Waals surface area contributed by atoms with E-state index >= 15 is 0 Å². The highest BCUT2D eigenvalue weighted by Crippen LogP contribution is 2.27. The fourth-order valence-electron chi connectivity index (χ4n) is 1.99. The van der Waals surface area contributed by atoms with Crippen molar-refractivity contribution >= 4 is 5.71 Å². The van der Waals surface area contributed by atoms with Crippen molar-refractivity contribution in [2.45, 2.75) is 46.0 Å². The average molecular weight is 194 g/mol. The molecule has 0 spiro atoms. The number of unbranched alkanes of at least 4 members (excludes halogenated alkanes) is 3. The van der Waals surface area contributed by atoms with E-state index in [0.717, 1.165) is 0 Å². The van der Waals surface area contributed by atoms with Crippen molar-refractivity contribution < 1.29 is 0 Å². The molecule has 1 aliphatic heterocycles. The monoisotopic (exact) mass is 194 g/mol. The molecule has 0 radical (unpaired) electrons. The summed E-state index contributed by atoms with van der Waals surface area (Å²) < 4.78 is 0. The van der Waals surface area contributed by atoms with Gasteiger partial charge in [0.2, 0.25) is 0 Å². The molecule has 1 atom stereocenters. The highest BCUT2D eigenvalue weighted by Gasteiger charge is 2.24. The molecule has 80 valence electrons. The van der Waals surface area contributed by atoms with Gasteiger partial charge in [0.1, 0.15) is 0 Å². The lowest BCUT2D eigenvalue weighted by molar-refractivity contribution is 0.434. The summed E-state index contributed by atoms with van der Waals surface area (Å²) in [6.45, 7) is 8.43. The molecule has 2 nitrogen and oxygen atoms in total. The maximum absolute atomic E-state index is 4.40. The number of hydrogen-bond acceptors (Lipinski definition) is 2. The van der Waals surface area contributed by atoms with Crippen LogP contribution in [0.4, 0.5) is 0 Å². The van der Waals surface area contributed by atoms with Gasteiger partial charge < -0.3 is 0 Å². The fourth-order valence-corrected chi connectivity index (χ4v) is 1.99. The highest BCUT2D eigenvalue weighted by atomic mass is 15.5. The Morgan fingerprint density at radius 1 is 1.36 bits per heavy atom. The zero-order chi connectivity index (χ0) is 10.6. The lowest BCUT2D eigenvalue weighted by atomic mass is 9.95. The molecule has 1 heterocycles. The Morgan fingerprint density at radius 2 is 2.07 bits per heavy atom. The van der Waals surface area contributed by atoms with E-state index in [-0.39, 0.29) is 0 Å². The van der Waals surface area contributed by atoms with Crippen LogP contribution in [0.25, 0.3) is 0 Å². The Bertz CT molecular complexity index is 230. The molecule has 0 saturated carbocycles. The molecule has 1 unspecified atom stereocenters. The average Bonchev–Trinajstić information content (AvgIpc) is 2.38. The summed E-state index contributed by atoms with van der Waals surface area (Å²) in [5.41, 5.74) is 2.40. The van der Waals surface area contributed by atoms with Crippen LogP contribution in [-0.2, 0) is 0 Å². The van der Waals surface area contributed by atoms with Crippen molar-refractivity contribution in [1.29, 1.82) is 0 Å². The van der Waals surface area contributed by atoms with Gasteiger partial charge in [-0.1, -0.05) is 39.2 Å². The standard InChI is InChI=1S/C12H22N2/c1-5-6-7-8-9-12-10(2)13-14(4)11(12)3/h12H,3,5-9H2,1-2,4H3. The molecule has 1 aliphatic rings. The smallest absolute Gasteiger partial charge is 0.0443 e. The molecule has 0 amide bonds. The topological polar surface area (TPSA) is 15.6 Å². The lowest BCUT2D eigenvalue weighted by Gasteiger charge is -2.14. The minimum absolute atomic E-state index is 0.511. The summed E-state index contributed by atoms with van der Waals surface area (Å²) in [6, 6.07) is 0. The summed E-state index contributed by atoms with van der Waals surface area (Å²) in [7, 11) is 1.98. The summed E-state index contributed by atoms with van der Waals surface area (Å²) in [4.78, 5) is 0. The van der Waals surface area contributed by atoms with Crippen LogP contribution in [0, 0.1) is 5.92 Å². The van der Waals surface area contributed by atoms with Crippen LogP contribution >= 0.6 is 0 Å².